The average molecular weight is 374 g/mol. The number of carbonyl (C=O) groups excluding carboxylic acids is 1. The van der Waals surface area contributed by atoms with E-state index in [2.05, 4.69) is 4.74 Å². The number of para-hydroxylation sites is 1. The first-order chi connectivity index (χ1) is 12.1. The van der Waals surface area contributed by atoms with Gasteiger partial charge in [0, 0.05) is 19.0 Å². The first kappa shape index (κ1) is 20.0. The number of rotatable bonds is 8. The number of carbonyl (C=O) groups is 2. The van der Waals surface area contributed by atoms with Crippen molar-refractivity contribution in [1.82, 2.24) is 9.80 Å². The molecule has 0 aromatic heterocycles. The molecular weight excluding hydrogens is 353 g/mol. The molecule has 6 nitrogen and oxygen atoms in total. The van der Waals surface area contributed by atoms with E-state index in [-0.39, 0.29) is 18.2 Å². The zero-order chi connectivity index (χ0) is 19.5. The number of hydrogen-bond donors (Lipinski definition) is 1. The summed E-state index contributed by atoms with van der Waals surface area (Å²) >= 11 is 0. The number of benzene rings is 1. The number of likely N-dealkylation sites (N-methyl/N-ethyl adjacent to an activating group) is 1. The molecular formula is C17H21F3N2O4. The van der Waals surface area contributed by atoms with E-state index < -0.39 is 30.7 Å². The van der Waals surface area contributed by atoms with E-state index in [1.165, 1.54) is 23.1 Å². The van der Waals surface area contributed by atoms with E-state index in [9.17, 15) is 22.8 Å². The van der Waals surface area contributed by atoms with E-state index in [1.54, 1.807) is 20.2 Å². The summed E-state index contributed by atoms with van der Waals surface area (Å²) in [4.78, 5) is 26.7. The molecule has 2 rings (SSSR count). The summed E-state index contributed by atoms with van der Waals surface area (Å²) < 4.78 is 41.7. The third-order valence-electron chi connectivity index (χ3n) is 4.11. The lowest BCUT2D eigenvalue weighted by Gasteiger charge is -2.23. The van der Waals surface area contributed by atoms with Crippen LogP contribution in [0.15, 0.2) is 24.3 Å². The van der Waals surface area contributed by atoms with Gasteiger partial charge in [-0.05, 0) is 38.1 Å². The lowest BCUT2D eigenvalue weighted by Crippen LogP contribution is -2.41. The standard InChI is InChI=1S/C17H21F3N2O4/c1-21(2)7-8-22(10-15(23)24)16(25)13-9-12(13)11-5-3-4-6-14(11)26-17(18,19)20/h3-6,12-13H,7-10H2,1-2H3,(H,23,24). The molecule has 0 aliphatic heterocycles. The first-order valence-corrected chi connectivity index (χ1v) is 8.08. The van der Waals surface area contributed by atoms with Gasteiger partial charge in [0.2, 0.25) is 5.91 Å². The van der Waals surface area contributed by atoms with E-state index in [4.69, 9.17) is 5.11 Å². The van der Waals surface area contributed by atoms with Gasteiger partial charge < -0.3 is 19.6 Å². The highest BCUT2D eigenvalue weighted by atomic mass is 19.4. The van der Waals surface area contributed by atoms with E-state index in [0.29, 0.717) is 18.5 Å². The highest BCUT2D eigenvalue weighted by molar-refractivity contribution is 5.86. The van der Waals surface area contributed by atoms with E-state index in [1.807, 2.05) is 4.90 Å². The van der Waals surface area contributed by atoms with Crippen LogP contribution >= 0.6 is 0 Å². The second-order valence-electron chi connectivity index (χ2n) is 6.49. The van der Waals surface area contributed by atoms with Crippen LogP contribution in [0.1, 0.15) is 17.9 Å². The Labute approximate surface area is 149 Å². The quantitative estimate of drug-likeness (QED) is 0.755. The van der Waals surface area contributed by atoms with E-state index >= 15 is 0 Å². The zero-order valence-corrected chi connectivity index (χ0v) is 14.5. The van der Waals surface area contributed by atoms with Crippen LogP contribution in [0.3, 0.4) is 0 Å². The van der Waals surface area contributed by atoms with Crippen molar-refractivity contribution in [3.05, 3.63) is 29.8 Å². The molecule has 1 fully saturated rings. The molecule has 0 bridgehead atoms. The molecule has 9 heteroatoms. The predicted octanol–water partition coefficient (Wildman–Crippen LogP) is 2.16. The summed E-state index contributed by atoms with van der Waals surface area (Å²) in [5.41, 5.74) is 0.311. The summed E-state index contributed by atoms with van der Waals surface area (Å²) in [6.07, 6.45) is -4.44. The van der Waals surface area contributed by atoms with Crippen LogP contribution in [0.2, 0.25) is 0 Å². The molecule has 1 amide bonds. The van der Waals surface area contributed by atoms with Gasteiger partial charge in [0.25, 0.3) is 0 Å². The fraction of sp³-hybridized carbons (Fsp3) is 0.529. The minimum absolute atomic E-state index is 0.238. The number of ether oxygens (including phenoxy) is 1. The number of alkyl halides is 3. The first-order valence-electron chi connectivity index (χ1n) is 8.08. The summed E-state index contributed by atoms with van der Waals surface area (Å²) in [6.45, 7) is 0.294. The molecule has 0 heterocycles. The van der Waals surface area contributed by atoms with Gasteiger partial charge in [0.1, 0.15) is 12.3 Å². The number of halogens is 3. The Kier molecular flexibility index (Phi) is 6.12. The van der Waals surface area contributed by atoms with Gasteiger partial charge in [-0.3, -0.25) is 9.59 Å². The number of carboxylic acid groups (broad SMARTS) is 1. The zero-order valence-electron chi connectivity index (χ0n) is 14.5. The average Bonchev–Trinajstić information content (AvgIpc) is 3.29. The number of nitrogens with zero attached hydrogens (tertiary/aromatic N) is 2. The number of carboxylic acids is 1. The molecule has 2 atom stereocenters. The maximum atomic E-state index is 12.6. The third kappa shape index (κ3) is 5.62. The van der Waals surface area contributed by atoms with Gasteiger partial charge in [-0.1, -0.05) is 18.2 Å². The van der Waals surface area contributed by atoms with Crippen LogP contribution in [0.25, 0.3) is 0 Å². The summed E-state index contributed by atoms with van der Waals surface area (Å²) in [5.74, 6) is -2.75. The van der Waals surface area contributed by atoms with Crippen molar-refractivity contribution in [2.24, 2.45) is 5.92 Å². The van der Waals surface area contributed by atoms with Crippen LogP contribution in [-0.2, 0) is 9.59 Å². The monoisotopic (exact) mass is 374 g/mol. The largest absolute Gasteiger partial charge is 0.573 e. The molecule has 0 saturated heterocycles. The Hall–Kier alpha value is -2.29. The van der Waals surface area contributed by atoms with Crippen molar-refractivity contribution in [3.63, 3.8) is 0 Å². The van der Waals surface area contributed by atoms with Crippen LogP contribution in [0.5, 0.6) is 5.75 Å². The molecule has 0 radical (unpaired) electrons. The second-order valence-corrected chi connectivity index (χ2v) is 6.49. The Bertz CT molecular complexity index is 664. The lowest BCUT2D eigenvalue weighted by atomic mass is 10.1. The van der Waals surface area contributed by atoms with Crippen LogP contribution in [0.4, 0.5) is 13.2 Å². The molecule has 1 aromatic rings. The van der Waals surface area contributed by atoms with Gasteiger partial charge in [0.15, 0.2) is 0 Å². The lowest BCUT2D eigenvalue weighted by molar-refractivity contribution is -0.274. The van der Waals surface area contributed by atoms with Gasteiger partial charge >= 0.3 is 12.3 Å². The molecule has 1 saturated carbocycles. The molecule has 1 N–H and O–H groups in total. The predicted molar refractivity (Wildman–Crippen MR) is 86.7 cm³/mol. The van der Waals surface area contributed by atoms with Crippen molar-refractivity contribution in [3.8, 4) is 5.75 Å². The third-order valence-corrected chi connectivity index (χ3v) is 4.11. The Morgan fingerprint density at radius 3 is 2.46 bits per heavy atom. The molecule has 2 unspecified atom stereocenters. The summed E-state index contributed by atoms with van der Waals surface area (Å²) in [5, 5.41) is 9.00. The minimum atomic E-state index is -4.81. The van der Waals surface area contributed by atoms with Crippen molar-refractivity contribution in [2.45, 2.75) is 18.7 Å². The van der Waals surface area contributed by atoms with Gasteiger partial charge in [-0.25, -0.2) is 0 Å². The maximum Gasteiger partial charge on any atom is 0.573 e. The Balaban J connectivity index is 2.10. The highest BCUT2D eigenvalue weighted by Crippen LogP contribution is 2.51. The van der Waals surface area contributed by atoms with E-state index in [0.717, 1.165) is 0 Å². The molecule has 0 spiro atoms. The Morgan fingerprint density at radius 1 is 1.23 bits per heavy atom. The Morgan fingerprint density at radius 2 is 1.88 bits per heavy atom. The second kappa shape index (κ2) is 7.94. The van der Waals surface area contributed by atoms with Crippen molar-refractivity contribution in [2.75, 3.05) is 33.7 Å². The normalized spacial score (nSPS) is 19.3. The molecule has 144 valence electrons. The van der Waals surface area contributed by atoms with Crippen LogP contribution in [0, 0.1) is 5.92 Å². The number of aliphatic carboxylic acids is 1. The SMILES string of the molecule is CN(C)CCN(CC(=O)O)C(=O)C1CC1c1ccccc1OC(F)(F)F. The fourth-order valence-corrected chi connectivity index (χ4v) is 2.80. The van der Waals surface area contributed by atoms with Crippen LogP contribution in [-0.4, -0.2) is 66.9 Å². The summed E-state index contributed by atoms with van der Waals surface area (Å²) in [7, 11) is 3.60. The highest BCUT2D eigenvalue weighted by Gasteiger charge is 2.48. The number of amides is 1. The topological polar surface area (TPSA) is 70.1 Å². The molecule has 1 aromatic carbocycles. The van der Waals surface area contributed by atoms with Gasteiger partial charge in [-0.2, -0.15) is 0 Å². The molecule has 26 heavy (non-hydrogen) atoms. The molecule has 1 aliphatic carbocycles. The van der Waals surface area contributed by atoms with Gasteiger partial charge in [-0.15, -0.1) is 13.2 Å². The van der Waals surface area contributed by atoms with Crippen molar-refractivity contribution >= 4 is 11.9 Å². The van der Waals surface area contributed by atoms with Crippen LogP contribution < -0.4 is 4.74 Å². The maximum absolute atomic E-state index is 12.6. The summed E-state index contributed by atoms with van der Waals surface area (Å²) in [6, 6.07) is 5.72. The van der Waals surface area contributed by atoms with Crippen molar-refractivity contribution in [1.29, 1.82) is 0 Å². The van der Waals surface area contributed by atoms with Crippen molar-refractivity contribution < 1.29 is 32.6 Å². The molecule has 1 aliphatic rings. The van der Waals surface area contributed by atoms with Gasteiger partial charge in [0.05, 0.1) is 0 Å². The number of hydrogen-bond acceptors (Lipinski definition) is 4. The fourth-order valence-electron chi connectivity index (χ4n) is 2.80. The smallest absolute Gasteiger partial charge is 0.480 e. The minimum Gasteiger partial charge on any atom is -0.480 e.